The number of hydrogen-bond acceptors (Lipinski definition) is 2. The van der Waals surface area contributed by atoms with E-state index < -0.39 is 0 Å². The summed E-state index contributed by atoms with van der Waals surface area (Å²) in [4.78, 5) is 0. The van der Waals surface area contributed by atoms with Crippen molar-refractivity contribution in [3.63, 3.8) is 0 Å². The standard InChI is InChI=1S/C5H11OPS/c1-2-3-4-5-6-7-8/h2-5H2,1H3. The quantitative estimate of drug-likeness (QED) is 0.440. The van der Waals surface area contributed by atoms with Crippen molar-refractivity contribution in [1.82, 2.24) is 0 Å². The minimum atomic E-state index is 0.644. The molecule has 0 amide bonds. The number of rotatable bonds is 5. The normalized spacial score (nSPS) is 10.1. The van der Waals surface area contributed by atoms with Crippen LogP contribution in [0.3, 0.4) is 0 Å². The van der Waals surface area contributed by atoms with E-state index in [2.05, 4.69) is 18.7 Å². The molecule has 0 fully saturated rings. The Morgan fingerprint density at radius 1 is 1.50 bits per heavy atom. The highest BCUT2D eigenvalue weighted by Gasteiger charge is 1.82. The van der Waals surface area contributed by atoms with Gasteiger partial charge in [0.05, 0.1) is 6.61 Å². The summed E-state index contributed by atoms with van der Waals surface area (Å²) in [5.74, 6) is 0. The van der Waals surface area contributed by atoms with Gasteiger partial charge in [0.2, 0.25) is 0 Å². The summed E-state index contributed by atoms with van der Waals surface area (Å²) in [5, 5.41) is 0. The zero-order valence-electron chi connectivity index (χ0n) is 5.09. The summed E-state index contributed by atoms with van der Waals surface area (Å²) in [7, 11) is 0.644. The average Bonchev–Trinajstić information content (AvgIpc) is 1.81. The van der Waals surface area contributed by atoms with Gasteiger partial charge in [-0.05, 0) is 18.2 Å². The Bertz CT molecular complexity index is 58.4. The van der Waals surface area contributed by atoms with Crippen molar-refractivity contribution in [3.8, 4) is 0 Å². The Morgan fingerprint density at radius 2 is 2.25 bits per heavy atom. The van der Waals surface area contributed by atoms with Gasteiger partial charge in [-0.2, -0.15) is 0 Å². The fourth-order valence-electron chi connectivity index (χ4n) is 0.454. The fourth-order valence-corrected chi connectivity index (χ4v) is 0.881. The summed E-state index contributed by atoms with van der Waals surface area (Å²) < 4.78 is 4.92. The lowest BCUT2D eigenvalue weighted by atomic mass is 10.3. The van der Waals surface area contributed by atoms with Crippen LogP contribution in [-0.4, -0.2) is 6.61 Å². The van der Waals surface area contributed by atoms with Crippen LogP contribution in [0.15, 0.2) is 0 Å². The highest BCUT2D eigenvalue weighted by Crippen LogP contribution is 1.99. The van der Waals surface area contributed by atoms with Gasteiger partial charge in [0.15, 0.2) is 0 Å². The summed E-state index contributed by atoms with van der Waals surface area (Å²) >= 11 is 4.55. The maximum atomic E-state index is 4.92. The first kappa shape index (κ1) is 8.48. The van der Waals surface area contributed by atoms with E-state index in [1.54, 1.807) is 0 Å². The lowest BCUT2D eigenvalue weighted by Crippen LogP contribution is -1.81. The summed E-state index contributed by atoms with van der Waals surface area (Å²) in [6.07, 6.45) is 3.66. The maximum Gasteiger partial charge on any atom is 0.136 e. The van der Waals surface area contributed by atoms with Gasteiger partial charge < -0.3 is 4.52 Å². The second kappa shape index (κ2) is 7.48. The van der Waals surface area contributed by atoms with Gasteiger partial charge in [-0.1, -0.05) is 19.8 Å². The molecule has 0 aliphatic carbocycles. The smallest absolute Gasteiger partial charge is 0.136 e. The Morgan fingerprint density at radius 3 is 2.75 bits per heavy atom. The summed E-state index contributed by atoms with van der Waals surface area (Å²) in [6.45, 7) is 3.00. The molecule has 0 saturated carbocycles. The molecule has 48 valence electrons. The molecule has 0 atom stereocenters. The SMILES string of the molecule is CCCCCOP=S. The molecular formula is C5H11OPS. The molecule has 8 heavy (non-hydrogen) atoms. The molecular weight excluding hydrogens is 139 g/mol. The third-order valence-electron chi connectivity index (χ3n) is 0.892. The van der Waals surface area contributed by atoms with Crippen LogP contribution in [0.25, 0.3) is 0 Å². The molecule has 0 aromatic rings. The third-order valence-corrected chi connectivity index (χ3v) is 1.50. The first-order valence-corrected chi connectivity index (χ1v) is 4.69. The van der Waals surface area contributed by atoms with Crippen LogP contribution in [-0.2, 0) is 16.3 Å². The molecule has 0 spiro atoms. The van der Waals surface area contributed by atoms with Crippen LogP contribution < -0.4 is 0 Å². The maximum absolute atomic E-state index is 4.92. The summed E-state index contributed by atoms with van der Waals surface area (Å²) in [6, 6.07) is 0. The van der Waals surface area contributed by atoms with Crippen molar-refractivity contribution in [1.29, 1.82) is 0 Å². The number of unbranched alkanes of at least 4 members (excludes halogenated alkanes) is 2. The van der Waals surface area contributed by atoms with Gasteiger partial charge in [-0.25, -0.2) is 0 Å². The van der Waals surface area contributed by atoms with Crippen LogP contribution in [0.4, 0.5) is 0 Å². The third kappa shape index (κ3) is 6.48. The largest absolute Gasteiger partial charge is 0.317 e. The van der Waals surface area contributed by atoms with Crippen LogP contribution >= 0.6 is 7.58 Å². The molecule has 1 nitrogen and oxygen atoms in total. The van der Waals surface area contributed by atoms with E-state index in [4.69, 9.17) is 4.52 Å². The zero-order valence-corrected chi connectivity index (χ0v) is 6.80. The molecule has 0 unspecified atom stereocenters. The van der Waals surface area contributed by atoms with Gasteiger partial charge in [0.25, 0.3) is 0 Å². The van der Waals surface area contributed by atoms with Crippen molar-refractivity contribution >= 4 is 19.4 Å². The molecule has 0 heterocycles. The molecule has 3 heteroatoms. The number of hydrogen-bond donors (Lipinski definition) is 0. The lowest BCUT2D eigenvalue weighted by Gasteiger charge is -1.92. The van der Waals surface area contributed by atoms with Crippen molar-refractivity contribution in [2.75, 3.05) is 6.61 Å². The molecule has 0 aliphatic heterocycles. The minimum Gasteiger partial charge on any atom is -0.317 e. The Hall–Kier alpha value is 0.480. The van der Waals surface area contributed by atoms with Gasteiger partial charge in [0.1, 0.15) is 7.58 Å². The molecule has 0 N–H and O–H groups in total. The van der Waals surface area contributed by atoms with Gasteiger partial charge in [-0.15, -0.1) is 0 Å². The Labute approximate surface area is 57.3 Å². The van der Waals surface area contributed by atoms with E-state index in [0.717, 1.165) is 13.0 Å². The first-order valence-electron chi connectivity index (χ1n) is 2.86. The topological polar surface area (TPSA) is 9.23 Å². The molecule has 0 bridgehead atoms. The Balaban J connectivity index is 2.62. The van der Waals surface area contributed by atoms with Crippen LogP contribution in [0.5, 0.6) is 0 Å². The monoisotopic (exact) mass is 150 g/mol. The highest BCUT2D eigenvalue weighted by atomic mass is 32.4. The second-order valence-electron chi connectivity index (χ2n) is 1.61. The molecule has 0 aliphatic rings. The van der Waals surface area contributed by atoms with Crippen molar-refractivity contribution in [2.24, 2.45) is 0 Å². The fraction of sp³-hybridized carbons (Fsp3) is 1.00. The zero-order chi connectivity index (χ0) is 6.24. The van der Waals surface area contributed by atoms with Crippen LogP contribution in [0.2, 0.25) is 0 Å². The van der Waals surface area contributed by atoms with E-state index in [-0.39, 0.29) is 0 Å². The average molecular weight is 150 g/mol. The molecule has 0 rings (SSSR count). The minimum absolute atomic E-state index is 0.644. The van der Waals surface area contributed by atoms with E-state index >= 15 is 0 Å². The van der Waals surface area contributed by atoms with E-state index in [1.807, 2.05) is 0 Å². The van der Waals surface area contributed by atoms with Gasteiger partial charge >= 0.3 is 0 Å². The Kier molecular flexibility index (Phi) is 7.93. The molecule has 0 aromatic heterocycles. The highest BCUT2D eigenvalue weighted by molar-refractivity contribution is 7.94. The van der Waals surface area contributed by atoms with Gasteiger partial charge in [-0.3, -0.25) is 0 Å². The molecule has 0 radical (unpaired) electrons. The van der Waals surface area contributed by atoms with Crippen molar-refractivity contribution in [2.45, 2.75) is 26.2 Å². The van der Waals surface area contributed by atoms with Crippen molar-refractivity contribution in [3.05, 3.63) is 0 Å². The van der Waals surface area contributed by atoms with Gasteiger partial charge in [0, 0.05) is 0 Å². The lowest BCUT2D eigenvalue weighted by molar-refractivity contribution is 0.355. The van der Waals surface area contributed by atoms with E-state index in [1.165, 1.54) is 12.8 Å². The van der Waals surface area contributed by atoms with Crippen LogP contribution in [0.1, 0.15) is 26.2 Å². The van der Waals surface area contributed by atoms with E-state index in [0.29, 0.717) is 7.58 Å². The molecule has 0 aromatic carbocycles. The van der Waals surface area contributed by atoms with Crippen molar-refractivity contribution < 1.29 is 4.52 Å². The van der Waals surface area contributed by atoms with Crippen LogP contribution in [0, 0.1) is 0 Å². The second-order valence-corrected chi connectivity index (χ2v) is 2.47. The predicted octanol–water partition coefficient (Wildman–Crippen LogP) is 2.52. The predicted molar refractivity (Wildman–Crippen MR) is 39.8 cm³/mol. The molecule has 0 saturated heterocycles. The summed E-state index contributed by atoms with van der Waals surface area (Å²) in [5.41, 5.74) is 0. The first-order chi connectivity index (χ1) is 3.91. The van der Waals surface area contributed by atoms with E-state index in [9.17, 15) is 0 Å².